The summed E-state index contributed by atoms with van der Waals surface area (Å²) in [6, 6.07) is 0.321. The van der Waals surface area contributed by atoms with Crippen molar-refractivity contribution in [3.05, 3.63) is 0 Å². The minimum Gasteiger partial charge on any atom is -0.464 e. The van der Waals surface area contributed by atoms with Crippen LogP contribution in [-0.2, 0) is 0 Å². The summed E-state index contributed by atoms with van der Waals surface area (Å²) in [6.07, 6.45) is 4.68. The van der Waals surface area contributed by atoms with Crippen LogP contribution in [0.5, 0.6) is 6.01 Å². The second-order valence-corrected chi connectivity index (χ2v) is 5.32. The number of anilines is 2. The number of nitrogens with zero attached hydrogens (tertiary/aromatic N) is 3. The molecule has 0 saturated heterocycles. The van der Waals surface area contributed by atoms with E-state index in [9.17, 15) is 5.11 Å². The molecule has 0 bridgehead atoms. The van der Waals surface area contributed by atoms with Gasteiger partial charge in [0.25, 0.3) is 0 Å². The fourth-order valence-corrected chi connectivity index (χ4v) is 2.76. The Kier molecular flexibility index (Phi) is 5.98. The van der Waals surface area contributed by atoms with Gasteiger partial charge in [0, 0.05) is 20.2 Å². The highest BCUT2D eigenvalue weighted by atomic mass is 16.5. The molecule has 1 aromatic rings. The lowest BCUT2D eigenvalue weighted by molar-refractivity contribution is 0.141. The Morgan fingerprint density at radius 2 is 1.86 bits per heavy atom. The Balaban J connectivity index is 1.99. The second-order valence-electron chi connectivity index (χ2n) is 5.32. The topological polar surface area (TPSA) is 92.2 Å². The van der Waals surface area contributed by atoms with Gasteiger partial charge in [-0.3, -0.25) is 0 Å². The molecule has 1 heterocycles. The van der Waals surface area contributed by atoms with E-state index in [-0.39, 0.29) is 6.61 Å². The van der Waals surface area contributed by atoms with E-state index in [1.807, 2.05) is 6.92 Å². The molecule has 1 aliphatic carbocycles. The Morgan fingerprint density at radius 1 is 1.14 bits per heavy atom. The van der Waals surface area contributed by atoms with Gasteiger partial charge < -0.3 is 20.5 Å². The molecule has 7 nitrogen and oxygen atoms in total. The molecular formula is C14H25N5O2. The zero-order valence-corrected chi connectivity index (χ0v) is 12.8. The second kappa shape index (κ2) is 7.97. The van der Waals surface area contributed by atoms with Crippen LogP contribution in [0.4, 0.5) is 11.9 Å². The molecule has 0 spiro atoms. The van der Waals surface area contributed by atoms with Gasteiger partial charge in [-0.1, -0.05) is 12.8 Å². The van der Waals surface area contributed by atoms with Crippen molar-refractivity contribution in [1.29, 1.82) is 0 Å². The third-order valence-electron chi connectivity index (χ3n) is 3.94. The summed E-state index contributed by atoms with van der Waals surface area (Å²) in [6.45, 7) is 3.44. The first-order valence-electron chi connectivity index (χ1n) is 7.68. The van der Waals surface area contributed by atoms with Gasteiger partial charge in [0.2, 0.25) is 11.9 Å². The Hall–Kier alpha value is -1.63. The molecule has 7 heteroatoms. The number of aromatic nitrogens is 3. The molecule has 2 rings (SSSR count). The van der Waals surface area contributed by atoms with Crippen LogP contribution in [0.1, 0.15) is 32.6 Å². The van der Waals surface area contributed by atoms with Crippen molar-refractivity contribution >= 4 is 11.9 Å². The summed E-state index contributed by atoms with van der Waals surface area (Å²) in [5.41, 5.74) is 0. The number of hydrogen-bond acceptors (Lipinski definition) is 7. The SMILES string of the molecule is CCOc1nc(NC)nc(NCC2CCCCC2CO)n1. The maximum Gasteiger partial charge on any atom is 0.323 e. The Bertz CT molecular complexity index is 443. The molecule has 0 amide bonds. The summed E-state index contributed by atoms with van der Waals surface area (Å²) in [4.78, 5) is 12.7. The largest absolute Gasteiger partial charge is 0.464 e. The van der Waals surface area contributed by atoms with E-state index in [4.69, 9.17) is 4.74 Å². The molecule has 0 aliphatic heterocycles. The average molecular weight is 295 g/mol. The minimum absolute atomic E-state index is 0.259. The zero-order chi connectivity index (χ0) is 15.1. The van der Waals surface area contributed by atoms with Crippen LogP contribution in [-0.4, -0.2) is 46.9 Å². The fourth-order valence-electron chi connectivity index (χ4n) is 2.76. The van der Waals surface area contributed by atoms with E-state index in [2.05, 4.69) is 25.6 Å². The predicted molar refractivity (Wildman–Crippen MR) is 81.6 cm³/mol. The molecule has 0 aromatic carbocycles. The van der Waals surface area contributed by atoms with Gasteiger partial charge in [-0.05, 0) is 31.6 Å². The third kappa shape index (κ3) is 4.42. The lowest BCUT2D eigenvalue weighted by Gasteiger charge is -2.30. The number of rotatable bonds is 7. The first-order valence-corrected chi connectivity index (χ1v) is 7.68. The highest BCUT2D eigenvalue weighted by Gasteiger charge is 2.24. The summed E-state index contributed by atoms with van der Waals surface area (Å²) in [5, 5.41) is 15.6. The van der Waals surface area contributed by atoms with Crippen LogP contribution in [0.15, 0.2) is 0 Å². The van der Waals surface area contributed by atoms with Gasteiger partial charge in [-0.2, -0.15) is 15.0 Å². The number of aliphatic hydroxyl groups excluding tert-OH is 1. The van der Waals surface area contributed by atoms with E-state index in [0.29, 0.717) is 36.3 Å². The van der Waals surface area contributed by atoms with Crippen LogP contribution >= 0.6 is 0 Å². The summed E-state index contributed by atoms with van der Waals surface area (Å²) >= 11 is 0. The molecule has 1 saturated carbocycles. The van der Waals surface area contributed by atoms with Crippen molar-refractivity contribution in [2.45, 2.75) is 32.6 Å². The van der Waals surface area contributed by atoms with E-state index in [1.165, 1.54) is 12.8 Å². The fraction of sp³-hybridized carbons (Fsp3) is 0.786. The summed E-state index contributed by atoms with van der Waals surface area (Å²) in [5.74, 6) is 1.84. The standard InChI is InChI=1S/C14H25N5O2/c1-3-21-14-18-12(15-2)17-13(19-14)16-8-10-6-4-5-7-11(10)9-20/h10-11,20H,3-9H2,1-2H3,(H2,15,16,17,18,19). The van der Waals surface area contributed by atoms with Crippen molar-refractivity contribution in [2.24, 2.45) is 11.8 Å². The van der Waals surface area contributed by atoms with Crippen molar-refractivity contribution in [2.75, 3.05) is 37.4 Å². The van der Waals surface area contributed by atoms with E-state index >= 15 is 0 Å². The quantitative estimate of drug-likeness (QED) is 0.702. The van der Waals surface area contributed by atoms with E-state index < -0.39 is 0 Å². The normalized spacial score (nSPS) is 21.9. The van der Waals surface area contributed by atoms with Gasteiger partial charge in [0.05, 0.1) is 6.61 Å². The number of ether oxygens (including phenoxy) is 1. The van der Waals surface area contributed by atoms with Gasteiger partial charge in [-0.25, -0.2) is 0 Å². The van der Waals surface area contributed by atoms with Crippen molar-refractivity contribution < 1.29 is 9.84 Å². The predicted octanol–water partition coefficient (Wildman–Crippen LogP) is 1.52. The first kappa shape index (κ1) is 15.8. The molecule has 21 heavy (non-hydrogen) atoms. The molecule has 0 radical (unpaired) electrons. The van der Waals surface area contributed by atoms with Gasteiger partial charge in [0.1, 0.15) is 0 Å². The molecular weight excluding hydrogens is 270 g/mol. The van der Waals surface area contributed by atoms with Crippen LogP contribution < -0.4 is 15.4 Å². The van der Waals surface area contributed by atoms with Gasteiger partial charge >= 0.3 is 6.01 Å². The number of hydrogen-bond donors (Lipinski definition) is 3. The maximum atomic E-state index is 9.46. The highest BCUT2D eigenvalue weighted by molar-refractivity contribution is 5.35. The third-order valence-corrected chi connectivity index (χ3v) is 3.94. The van der Waals surface area contributed by atoms with Crippen LogP contribution in [0.3, 0.4) is 0 Å². The molecule has 118 valence electrons. The first-order chi connectivity index (χ1) is 10.3. The Labute approximate surface area is 125 Å². The summed E-state index contributed by atoms with van der Waals surface area (Å²) < 4.78 is 5.34. The molecule has 1 fully saturated rings. The number of aliphatic hydroxyl groups is 1. The molecule has 1 aromatic heterocycles. The molecule has 2 atom stereocenters. The molecule has 1 aliphatic rings. The molecule has 3 N–H and O–H groups in total. The molecule has 2 unspecified atom stereocenters. The lowest BCUT2D eigenvalue weighted by atomic mass is 9.80. The van der Waals surface area contributed by atoms with Crippen LogP contribution in [0.25, 0.3) is 0 Å². The summed E-state index contributed by atoms with van der Waals surface area (Å²) in [7, 11) is 1.76. The lowest BCUT2D eigenvalue weighted by Crippen LogP contribution is -2.29. The smallest absolute Gasteiger partial charge is 0.323 e. The number of nitrogens with one attached hydrogen (secondary N) is 2. The van der Waals surface area contributed by atoms with Crippen LogP contribution in [0, 0.1) is 11.8 Å². The van der Waals surface area contributed by atoms with Gasteiger partial charge in [-0.15, -0.1) is 0 Å². The Morgan fingerprint density at radius 3 is 2.52 bits per heavy atom. The maximum absolute atomic E-state index is 9.46. The monoisotopic (exact) mass is 295 g/mol. The highest BCUT2D eigenvalue weighted by Crippen LogP contribution is 2.29. The van der Waals surface area contributed by atoms with E-state index in [1.54, 1.807) is 7.05 Å². The van der Waals surface area contributed by atoms with E-state index in [0.717, 1.165) is 19.4 Å². The zero-order valence-electron chi connectivity index (χ0n) is 12.8. The van der Waals surface area contributed by atoms with Crippen molar-refractivity contribution in [3.63, 3.8) is 0 Å². The van der Waals surface area contributed by atoms with Crippen LogP contribution in [0.2, 0.25) is 0 Å². The minimum atomic E-state index is 0.259. The van der Waals surface area contributed by atoms with Gasteiger partial charge in [0.15, 0.2) is 0 Å². The van der Waals surface area contributed by atoms with Crippen molar-refractivity contribution in [3.8, 4) is 6.01 Å². The van der Waals surface area contributed by atoms with Crippen molar-refractivity contribution in [1.82, 2.24) is 15.0 Å². The average Bonchev–Trinajstić information content (AvgIpc) is 2.53.